The molecular formula is C24H28F8N6O5S. The van der Waals surface area contributed by atoms with Gasteiger partial charge in [-0.3, -0.25) is 10.2 Å². The lowest BCUT2D eigenvalue weighted by Crippen LogP contribution is -2.36. The van der Waals surface area contributed by atoms with Crippen molar-refractivity contribution >= 4 is 33.3 Å². The second kappa shape index (κ2) is 11.9. The predicted molar refractivity (Wildman–Crippen MR) is 141 cm³/mol. The Bertz CT molecular complexity index is 1580. The van der Waals surface area contributed by atoms with Crippen molar-refractivity contribution in [3.8, 4) is 5.88 Å². The summed E-state index contributed by atoms with van der Waals surface area (Å²) >= 11 is 0. The lowest BCUT2D eigenvalue weighted by atomic mass is 10.1. The molecule has 2 aromatic heterocycles. The first-order valence-corrected chi connectivity index (χ1v) is 14.8. The number of anilines is 1. The number of hydrogen-bond acceptors (Lipinski definition) is 8. The van der Waals surface area contributed by atoms with Crippen molar-refractivity contribution in [1.82, 2.24) is 19.4 Å². The fourth-order valence-electron chi connectivity index (χ4n) is 3.91. The summed E-state index contributed by atoms with van der Waals surface area (Å²) in [4.78, 5) is 21.2. The molecule has 1 fully saturated rings. The number of nitrogens with zero attached hydrogens (tertiary/aromatic N) is 5. The van der Waals surface area contributed by atoms with Crippen molar-refractivity contribution in [2.24, 2.45) is 0 Å². The number of aromatic nitrogens is 4. The quantitative estimate of drug-likeness (QED) is 0.224. The largest absolute Gasteiger partial charge is 0.490 e. The molecule has 0 amide bonds. The Labute approximate surface area is 244 Å². The standard InChI is InChI=1S/C22H27F5N6O3S.C2HF3O2/c1-3-17(4-2)36-21-6-5-20-29-32(22(28)33(20)30-21)14-19(34)15-11-16(31-7-9-35-10-8-31)13-18(12-15)37(23,24,25,26)27;3-2(4,5)1(6)7/h5-6,11-13,17,28H,3-4,7-10,14H2,1-2H3;(H,6,7). The van der Waals surface area contributed by atoms with Crippen LogP contribution in [0.2, 0.25) is 0 Å². The SMILES string of the molecule is CCC(CC)Oc1ccc2nn(CC(=O)c3cc(N4CCOCC4)cc(S(F)(F)(F)(F)F)c3)c(=N)n2n1.O=C(O)C(F)(F)F. The molecule has 4 rings (SSSR count). The minimum absolute atomic E-state index is 0.0847. The third kappa shape index (κ3) is 8.80. The number of carbonyl (C=O) groups is 2. The first-order chi connectivity index (χ1) is 20.1. The van der Waals surface area contributed by atoms with Gasteiger partial charge in [-0.25, -0.2) is 9.48 Å². The van der Waals surface area contributed by atoms with E-state index in [0.29, 0.717) is 6.07 Å². The maximum atomic E-state index is 13.7. The van der Waals surface area contributed by atoms with Gasteiger partial charge in [0.05, 0.1) is 19.3 Å². The molecule has 0 bridgehead atoms. The molecule has 1 saturated heterocycles. The van der Waals surface area contributed by atoms with Crippen LogP contribution >= 0.6 is 10.2 Å². The van der Waals surface area contributed by atoms with E-state index < -0.39 is 45.2 Å². The highest BCUT2D eigenvalue weighted by atomic mass is 32.5. The number of halogens is 8. The average Bonchev–Trinajstić information content (AvgIpc) is 3.24. The van der Waals surface area contributed by atoms with Gasteiger partial charge in [-0.2, -0.15) is 17.7 Å². The molecule has 3 heterocycles. The van der Waals surface area contributed by atoms with E-state index in [9.17, 15) is 37.4 Å². The summed E-state index contributed by atoms with van der Waals surface area (Å²) in [5.41, 5.74) is -0.865. The molecule has 2 N–H and O–H groups in total. The minimum Gasteiger partial charge on any atom is -0.475 e. The number of rotatable bonds is 9. The van der Waals surface area contributed by atoms with Crippen molar-refractivity contribution in [3.63, 3.8) is 0 Å². The van der Waals surface area contributed by atoms with Crippen LogP contribution in [0.3, 0.4) is 0 Å². The van der Waals surface area contributed by atoms with Crippen LogP contribution in [0.15, 0.2) is 35.2 Å². The van der Waals surface area contributed by atoms with Crippen molar-refractivity contribution < 1.29 is 56.8 Å². The van der Waals surface area contributed by atoms with Crippen molar-refractivity contribution in [2.75, 3.05) is 31.2 Å². The molecule has 1 aliphatic rings. The van der Waals surface area contributed by atoms with Crippen LogP contribution in [0, 0.1) is 5.41 Å². The van der Waals surface area contributed by atoms with Crippen molar-refractivity contribution in [1.29, 1.82) is 5.41 Å². The van der Waals surface area contributed by atoms with E-state index in [1.807, 2.05) is 13.8 Å². The van der Waals surface area contributed by atoms with Gasteiger partial charge < -0.3 is 19.5 Å². The molecule has 44 heavy (non-hydrogen) atoms. The molecule has 1 aliphatic heterocycles. The number of carboxylic acids is 1. The number of carbonyl (C=O) groups excluding carboxylic acids is 1. The Balaban J connectivity index is 0.000000676. The van der Waals surface area contributed by atoms with Crippen LogP contribution < -0.4 is 15.3 Å². The van der Waals surface area contributed by atoms with Gasteiger partial charge in [0.15, 0.2) is 11.4 Å². The van der Waals surface area contributed by atoms with Gasteiger partial charge in [0.1, 0.15) is 11.4 Å². The molecule has 246 valence electrons. The highest BCUT2D eigenvalue weighted by Gasteiger charge is 2.65. The van der Waals surface area contributed by atoms with Crippen LogP contribution in [0.5, 0.6) is 5.88 Å². The molecule has 20 heteroatoms. The van der Waals surface area contributed by atoms with Gasteiger partial charge in [0.2, 0.25) is 11.5 Å². The molecule has 11 nitrogen and oxygen atoms in total. The minimum atomic E-state index is -10.1. The molecule has 0 radical (unpaired) electrons. The summed E-state index contributed by atoms with van der Waals surface area (Å²) in [5, 5.41) is 23.8. The Morgan fingerprint density at radius 3 is 2.16 bits per heavy atom. The van der Waals surface area contributed by atoms with E-state index in [0.717, 1.165) is 28.1 Å². The lowest BCUT2D eigenvalue weighted by molar-refractivity contribution is -0.192. The van der Waals surface area contributed by atoms with E-state index in [-0.39, 0.29) is 61.3 Å². The zero-order valence-corrected chi connectivity index (χ0v) is 24.0. The molecule has 3 aromatic rings. The fourth-order valence-corrected chi connectivity index (χ4v) is 4.60. The molecule has 0 atom stereocenters. The summed E-state index contributed by atoms with van der Waals surface area (Å²) in [5.74, 6) is -3.44. The number of morpholine rings is 1. The third-order valence-corrected chi connectivity index (χ3v) is 7.35. The van der Waals surface area contributed by atoms with E-state index in [4.69, 9.17) is 24.8 Å². The van der Waals surface area contributed by atoms with E-state index >= 15 is 0 Å². The summed E-state index contributed by atoms with van der Waals surface area (Å²) in [7, 11) is -10.1. The average molecular weight is 665 g/mol. The summed E-state index contributed by atoms with van der Waals surface area (Å²) in [6, 6.07) is 4.74. The first kappa shape index (κ1) is 34.5. The van der Waals surface area contributed by atoms with Crippen LogP contribution in [0.4, 0.5) is 38.3 Å². The molecule has 0 spiro atoms. The summed E-state index contributed by atoms with van der Waals surface area (Å²) in [6.45, 7) is 4.03. The highest BCUT2D eigenvalue weighted by molar-refractivity contribution is 8.45. The first-order valence-electron chi connectivity index (χ1n) is 12.9. The number of alkyl halides is 3. The second-order valence-corrected chi connectivity index (χ2v) is 11.9. The van der Waals surface area contributed by atoms with E-state index in [1.165, 1.54) is 11.0 Å². The van der Waals surface area contributed by atoms with Crippen LogP contribution in [0.1, 0.15) is 37.0 Å². The molecule has 0 aliphatic carbocycles. The molecular weight excluding hydrogens is 636 g/mol. The highest BCUT2D eigenvalue weighted by Crippen LogP contribution is 3.02. The topological polar surface area (TPSA) is 135 Å². The fraction of sp³-hybridized carbons (Fsp3) is 0.458. The normalized spacial score (nSPS) is 15.8. The number of nitrogens with one attached hydrogen (secondary N) is 1. The zero-order valence-electron chi connectivity index (χ0n) is 23.2. The Hall–Kier alpha value is -3.94. The maximum absolute atomic E-state index is 13.7. The predicted octanol–water partition coefficient (Wildman–Crippen LogP) is 5.59. The monoisotopic (exact) mass is 664 g/mol. The number of aliphatic carboxylic acids is 1. The van der Waals surface area contributed by atoms with Crippen LogP contribution in [-0.2, 0) is 16.1 Å². The number of Topliss-reactive ketones (excluding diaryl/α,β-unsaturated/α-hetero) is 1. The molecule has 0 unspecified atom stereocenters. The van der Waals surface area contributed by atoms with Gasteiger partial charge in [-0.05, 0) is 37.1 Å². The number of ketones is 1. The second-order valence-electron chi connectivity index (χ2n) is 9.49. The summed E-state index contributed by atoms with van der Waals surface area (Å²) < 4.78 is 113. The number of fused-ring (bicyclic) bond motifs is 1. The molecule has 0 saturated carbocycles. The van der Waals surface area contributed by atoms with Crippen LogP contribution in [-0.4, -0.2) is 74.8 Å². The Kier molecular flexibility index (Phi) is 9.32. The van der Waals surface area contributed by atoms with Crippen molar-refractivity contribution in [2.45, 2.75) is 50.4 Å². The van der Waals surface area contributed by atoms with Gasteiger partial charge in [-0.1, -0.05) is 33.3 Å². The number of ether oxygens (including phenoxy) is 2. The van der Waals surface area contributed by atoms with E-state index in [1.54, 1.807) is 6.07 Å². The lowest BCUT2D eigenvalue weighted by Gasteiger charge is -2.41. The Morgan fingerprint density at radius 1 is 1.05 bits per heavy atom. The van der Waals surface area contributed by atoms with Gasteiger partial charge in [0, 0.05) is 30.4 Å². The van der Waals surface area contributed by atoms with Crippen LogP contribution in [0.25, 0.3) is 5.65 Å². The number of benzene rings is 1. The molecule has 1 aromatic carbocycles. The Morgan fingerprint density at radius 2 is 1.64 bits per heavy atom. The maximum Gasteiger partial charge on any atom is 0.490 e. The smallest absolute Gasteiger partial charge is 0.475 e. The van der Waals surface area contributed by atoms with E-state index in [2.05, 4.69) is 10.2 Å². The van der Waals surface area contributed by atoms with Gasteiger partial charge in [-0.15, -0.1) is 10.2 Å². The van der Waals surface area contributed by atoms with Gasteiger partial charge in [0.25, 0.3) is 0 Å². The van der Waals surface area contributed by atoms with Gasteiger partial charge >= 0.3 is 22.4 Å². The number of hydrogen-bond donors (Lipinski definition) is 2. The van der Waals surface area contributed by atoms with Crippen molar-refractivity contribution in [3.05, 3.63) is 41.5 Å². The third-order valence-electron chi connectivity index (χ3n) is 6.23. The number of carboxylic acid groups (broad SMARTS) is 1. The summed E-state index contributed by atoms with van der Waals surface area (Å²) in [6.07, 6.45) is -3.68. The zero-order chi connectivity index (χ0) is 33.2.